The van der Waals surface area contributed by atoms with Gasteiger partial charge in [-0.05, 0) is 6.07 Å². The first-order valence-corrected chi connectivity index (χ1v) is 11.2. The van der Waals surface area contributed by atoms with E-state index in [1.54, 1.807) is 0 Å². The summed E-state index contributed by atoms with van der Waals surface area (Å²) < 4.78 is 32.4. The Bertz CT molecular complexity index is 1130. The topological polar surface area (TPSA) is 238 Å². The van der Waals surface area contributed by atoms with Crippen molar-refractivity contribution in [3.63, 3.8) is 0 Å². The number of methoxy groups -OCH3 is 1. The van der Waals surface area contributed by atoms with Crippen molar-refractivity contribution in [2.24, 2.45) is 0 Å². The number of fused-ring (bicyclic) bond motifs is 1. The lowest BCUT2D eigenvalue weighted by molar-refractivity contribution is -0.358. The maximum Gasteiger partial charge on any atom is 0.336 e. The fraction of sp³-hybridized carbons (Fsp3) is 0.591. The van der Waals surface area contributed by atoms with Gasteiger partial charge in [-0.15, -0.1) is 0 Å². The van der Waals surface area contributed by atoms with Crippen LogP contribution in [0.5, 0.6) is 17.2 Å². The molecular formula is C22H28O15. The Kier molecular flexibility index (Phi) is 8.20. The van der Waals surface area contributed by atoms with Crippen LogP contribution in [-0.4, -0.2) is 123 Å². The Morgan fingerprint density at radius 1 is 0.838 bits per heavy atom. The van der Waals surface area contributed by atoms with E-state index < -0.39 is 86.0 Å². The van der Waals surface area contributed by atoms with Gasteiger partial charge in [-0.3, -0.25) is 0 Å². The molecule has 2 aromatic rings. The third-order valence-electron chi connectivity index (χ3n) is 6.24. The molecule has 10 atom stereocenters. The number of aliphatic hydroxyl groups excluding tert-OH is 7. The van der Waals surface area contributed by atoms with Crippen LogP contribution in [0, 0.1) is 0 Å². The number of benzene rings is 1. The smallest absolute Gasteiger partial charge is 0.336 e. The first-order chi connectivity index (χ1) is 17.6. The molecule has 2 fully saturated rings. The molecule has 0 spiro atoms. The van der Waals surface area contributed by atoms with Crippen LogP contribution in [0.2, 0.25) is 0 Å². The van der Waals surface area contributed by atoms with Gasteiger partial charge >= 0.3 is 5.63 Å². The van der Waals surface area contributed by atoms with E-state index in [-0.39, 0.29) is 22.5 Å². The van der Waals surface area contributed by atoms with E-state index in [0.29, 0.717) is 0 Å². The van der Waals surface area contributed by atoms with Crippen molar-refractivity contribution in [2.75, 3.05) is 20.3 Å². The lowest BCUT2D eigenvalue weighted by Crippen LogP contribution is -2.65. The molecule has 1 aromatic carbocycles. The summed E-state index contributed by atoms with van der Waals surface area (Å²) in [6.45, 7) is -1.51. The number of hydrogen-bond donors (Lipinski definition) is 8. The number of phenolic OH excluding ortho intramolecular Hbond substituents is 1. The molecule has 0 saturated carbocycles. The van der Waals surface area contributed by atoms with Crippen molar-refractivity contribution in [2.45, 2.75) is 61.4 Å². The number of hydrogen-bond acceptors (Lipinski definition) is 15. The molecule has 37 heavy (non-hydrogen) atoms. The normalized spacial score (nSPS) is 36.4. The second-order valence-corrected chi connectivity index (χ2v) is 8.55. The van der Waals surface area contributed by atoms with Gasteiger partial charge in [0.05, 0.1) is 25.7 Å². The van der Waals surface area contributed by atoms with E-state index in [1.807, 2.05) is 0 Å². The molecule has 15 heteroatoms. The van der Waals surface area contributed by atoms with E-state index in [1.165, 1.54) is 19.2 Å². The SMILES string of the molecule is COc1cc(O[C@@H]2O[C@H](CO)[C@@H](O)[C@H](O)[C@H]2O[C@@H]2O[C@H](CO)[C@@H](O)[C@H](O)[C@H]2O)c(O)c2oc(=O)ccc12. The van der Waals surface area contributed by atoms with Crippen molar-refractivity contribution < 1.29 is 69.0 Å². The fourth-order valence-electron chi connectivity index (χ4n) is 4.18. The second-order valence-electron chi connectivity index (χ2n) is 8.55. The molecular weight excluding hydrogens is 504 g/mol. The summed E-state index contributed by atoms with van der Waals surface area (Å²) in [6, 6.07) is 3.69. The fourth-order valence-corrected chi connectivity index (χ4v) is 4.18. The zero-order chi connectivity index (χ0) is 27.0. The van der Waals surface area contributed by atoms with Crippen LogP contribution in [0.1, 0.15) is 0 Å². The summed E-state index contributed by atoms with van der Waals surface area (Å²) in [5, 5.41) is 81.4. The molecule has 2 saturated heterocycles. The first-order valence-electron chi connectivity index (χ1n) is 11.2. The standard InChI is InChI=1S/C22H28O15/c1-32-8-4-9(15(28)19-7(8)2-3-12(25)36-19)33-22-20(17(30)14(27)11(6-24)35-22)37-21-18(31)16(29)13(26)10(5-23)34-21/h2-4,10-11,13-14,16-18,20-24,26-31H,5-6H2,1H3/t10-,11-,13-,14-,16+,17+,18-,20-,21+,22-/m1/s1. The van der Waals surface area contributed by atoms with Gasteiger partial charge in [-0.2, -0.15) is 0 Å². The molecule has 0 bridgehead atoms. The monoisotopic (exact) mass is 532 g/mol. The highest BCUT2D eigenvalue weighted by atomic mass is 16.8. The van der Waals surface area contributed by atoms with Crippen LogP contribution < -0.4 is 15.1 Å². The van der Waals surface area contributed by atoms with Gasteiger partial charge in [-0.1, -0.05) is 0 Å². The number of aromatic hydroxyl groups is 1. The van der Waals surface area contributed by atoms with Crippen molar-refractivity contribution >= 4 is 11.0 Å². The van der Waals surface area contributed by atoms with Crippen molar-refractivity contribution in [3.8, 4) is 17.2 Å². The molecule has 2 aliphatic rings. The molecule has 0 amide bonds. The van der Waals surface area contributed by atoms with Gasteiger partial charge in [-0.25, -0.2) is 4.79 Å². The third kappa shape index (κ3) is 5.10. The van der Waals surface area contributed by atoms with Gasteiger partial charge < -0.3 is 69.0 Å². The van der Waals surface area contributed by atoms with Gasteiger partial charge in [0.1, 0.15) is 48.5 Å². The van der Waals surface area contributed by atoms with E-state index >= 15 is 0 Å². The largest absolute Gasteiger partial charge is 0.502 e. The summed E-state index contributed by atoms with van der Waals surface area (Å²) in [6.07, 6.45) is -16.7. The van der Waals surface area contributed by atoms with Gasteiger partial charge in [0.2, 0.25) is 12.0 Å². The Morgan fingerprint density at radius 3 is 2.08 bits per heavy atom. The maximum absolute atomic E-state index is 11.7. The zero-order valence-electron chi connectivity index (χ0n) is 19.4. The van der Waals surface area contributed by atoms with Crippen LogP contribution in [0.25, 0.3) is 11.0 Å². The van der Waals surface area contributed by atoms with Gasteiger partial charge in [0, 0.05) is 12.1 Å². The molecule has 3 heterocycles. The molecule has 206 valence electrons. The second kappa shape index (κ2) is 11.0. The molecule has 15 nitrogen and oxygen atoms in total. The predicted molar refractivity (Wildman–Crippen MR) is 118 cm³/mol. The summed E-state index contributed by atoms with van der Waals surface area (Å²) in [5.74, 6) is -0.899. The third-order valence-corrected chi connectivity index (χ3v) is 6.24. The summed E-state index contributed by atoms with van der Waals surface area (Å²) in [7, 11) is 1.31. The Hall–Kier alpha value is -2.57. The Labute approximate surface area is 208 Å². The molecule has 4 rings (SSSR count). The minimum absolute atomic E-state index is 0.119. The van der Waals surface area contributed by atoms with Crippen LogP contribution >= 0.6 is 0 Å². The number of phenols is 1. The van der Waals surface area contributed by atoms with E-state index in [0.717, 1.165) is 6.07 Å². The summed E-state index contributed by atoms with van der Waals surface area (Å²) in [5.41, 5.74) is -1.07. The van der Waals surface area contributed by atoms with E-state index in [4.69, 9.17) is 28.1 Å². The molecule has 2 aliphatic heterocycles. The average molecular weight is 532 g/mol. The van der Waals surface area contributed by atoms with Gasteiger partial charge in [0.15, 0.2) is 23.7 Å². The van der Waals surface area contributed by atoms with Crippen LogP contribution in [0.15, 0.2) is 27.4 Å². The highest BCUT2D eigenvalue weighted by molar-refractivity contribution is 5.90. The quantitative estimate of drug-likeness (QED) is 0.162. The summed E-state index contributed by atoms with van der Waals surface area (Å²) in [4.78, 5) is 11.7. The van der Waals surface area contributed by atoms with Gasteiger partial charge in [0.25, 0.3) is 0 Å². The lowest BCUT2D eigenvalue weighted by atomic mass is 9.97. The molecule has 1 aromatic heterocycles. The molecule has 0 unspecified atom stereocenters. The van der Waals surface area contributed by atoms with Crippen molar-refractivity contribution in [1.29, 1.82) is 0 Å². The average Bonchev–Trinajstić information content (AvgIpc) is 2.89. The minimum Gasteiger partial charge on any atom is -0.502 e. The predicted octanol–water partition coefficient (Wildman–Crippen LogP) is -3.49. The summed E-state index contributed by atoms with van der Waals surface area (Å²) >= 11 is 0. The zero-order valence-corrected chi connectivity index (χ0v) is 19.4. The Balaban J connectivity index is 1.69. The Morgan fingerprint density at radius 2 is 1.46 bits per heavy atom. The number of ether oxygens (including phenoxy) is 5. The minimum atomic E-state index is -1.86. The highest BCUT2D eigenvalue weighted by Gasteiger charge is 2.51. The maximum atomic E-state index is 11.7. The van der Waals surface area contributed by atoms with Crippen LogP contribution in [0.4, 0.5) is 0 Å². The van der Waals surface area contributed by atoms with Crippen molar-refractivity contribution in [1.82, 2.24) is 0 Å². The molecule has 8 N–H and O–H groups in total. The van der Waals surface area contributed by atoms with Crippen molar-refractivity contribution in [3.05, 3.63) is 28.6 Å². The molecule has 0 aliphatic carbocycles. The number of aliphatic hydroxyl groups is 7. The first kappa shape index (κ1) is 27.5. The molecule has 0 radical (unpaired) electrons. The van der Waals surface area contributed by atoms with Crippen LogP contribution in [0.3, 0.4) is 0 Å². The van der Waals surface area contributed by atoms with Crippen LogP contribution in [-0.2, 0) is 14.2 Å². The number of rotatable bonds is 7. The van der Waals surface area contributed by atoms with E-state index in [9.17, 15) is 45.6 Å². The highest BCUT2D eigenvalue weighted by Crippen LogP contribution is 2.41. The van der Waals surface area contributed by atoms with E-state index in [2.05, 4.69) is 0 Å². The lowest BCUT2D eigenvalue weighted by Gasteiger charge is -2.45.